The molecule has 35 heavy (non-hydrogen) atoms. The molecule has 178 valence electrons. The molecule has 3 aromatic heterocycles. The van der Waals surface area contributed by atoms with Gasteiger partial charge in [-0.3, -0.25) is 9.36 Å². The van der Waals surface area contributed by atoms with E-state index < -0.39 is 5.82 Å². The average Bonchev–Trinajstić information content (AvgIpc) is 3.50. The lowest BCUT2D eigenvalue weighted by Gasteiger charge is -2.11. The van der Waals surface area contributed by atoms with Crippen LogP contribution in [0.1, 0.15) is 16.7 Å². The van der Waals surface area contributed by atoms with Gasteiger partial charge in [0.05, 0.1) is 25.6 Å². The average molecular weight is 512 g/mol. The molecule has 0 saturated heterocycles. The van der Waals surface area contributed by atoms with Crippen LogP contribution in [0, 0.1) is 5.82 Å². The minimum atomic E-state index is -0.532. The molecule has 0 radical (unpaired) electrons. The molecule has 5 aromatic rings. The lowest BCUT2D eigenvalue weighted by molar-refractivity contribution is 0.384. The first-order valence-electron chi connectivity index (χ1n) is 10.7. The van der Waals surface area contributed by atoms with Crippen LogP contribution in [0.5, 0.6) is 5.75 Å². The van der Waals surface area contributed by atoms with Crippen LogP contribution in [-0.4, -0.2) is 36.6 Å². The van der Waals surface area contributed by atoms with Gasteiger partial charge >= 0.3 is 0 Å². The van der Waals surface area contributed by atoms with Crippen LogP contribution >= 0.6 is 23.2 Å². The number of anilines is 1. The Labute approximate surface area is 210 Å². The van der Waals surface area contributed by atoms with Gasteiger partial charge < -0.3 is 10.1 Å². The lowest BCUT2D eigenvalue weighted by atomic mass is 10.1. The molecular weight excluding hydrogens is 492 g/mol. The van der Waals surface area contributed by atoms with Gasteiger partial charge in [0.25, 0.3) is 0 Å². The summed E-state index contributed by atoms with van der Waals surface area (Å²) >= 11 is 12.3. The van der Waals surface area contributed by atoms with Crippen LogP contribution in [0.3, 0.4) is 0 Å². The first-order valence-corrected chi connectivity index (χ1v) is 11.5. The van der Waals surface area contributed by atoms with Gasteiger partial charge in [0.15, 0.2) is 17.2 Å². The maximum absolute atomic E-state index is 14.7. The highest BCUT2D eigenvalue weighted by molar-refractivity contribution is 6.31. The molecule has 0 fully saturated rings. The number of aromatic nitrogens is 6. The molecular formula is C24H20Cl2FN7O. The first-order chi connectivity index (χ1) is 17.0. The van der Waals surface area contributed by atoms with E-state index in [1.807, 2.05) is 23.1 Å². The highest BCUT2D eigenvalue weighted by Crippen LogP contribution is 2.29. The molecule has 0 aliphatic carbocycles. The van der Waals surface area contributed by atoms with E-state index in [2.05, 4.69) is 49.7 Å². The maximum Gasteiger partial charge on any atom is 0.226 e. The third kappa shape index (κ3) is 5.06. The van der Waals surface area contributed by atoms with Crippen molar-refractivity contribution in [1.29, 1.82) is 0 Å². The molecule has 3 heterocycles. The number of nitrogens with zero attached hydrogens (tertiary/aromatic N) is 6. The van der Waals surface area contributed by atoms with Crippen LogP contribution in [0.4, 0.5) is 10.2 Å². The van der Waals surface area contributed by atoms with Gasteiger partial charge in [-0.15, -0.1) is 0 Å². The Morgan fingerprint density at radius 3 is 2.43 bits per heavy atom. The topological polar surface area (TPSA) is 82.7 Å². The quantitative estimate of drug-likeness (QED) is 0.289. The number of methoxy groups -OCH3 is 1. The molecule has 0 amide bonds. The van der Waals surface area contributed by atoms with Gasteiger partial charge in [-0.1, -0.05) is 35.9 Å². The number of halogens is 3. The van der Waals surface area contributed by atoms with Gasteiger partial charge in [-0.2, -0.15) is 20.2 Å². The predicted octanol–water partition coefficient (Wildman–Crippen LogP) is 5.19. The van der Waals surface area contributed by atoms with Crippen molar-refractivity contribution in [2.45, 2.75) is 19.6 Å². The molecule has 0 aliphatic heterocycles. The van der Waals surface area contributed by atoms with Crippen LogP contribution < -0.4 is 10.1 Å². The summed E-state index contributed by atoms with van der Waals surface area (Å²) in [5, 5.41) is 12.8. The van der Waals surface area contributed by atoms with Gasteiger partial charge in [0, 0.05) is 35.7 Å². The van der Waals surface area contributed by atoms with Crippen LogP contribution in [-0.2, 0) is 19.6 Å². The van der Waals surface area contributed by atoms with E-state index in [0.717, 1.165) is 11.1 Å². The van der Waals surface area contributed by atoms with Gasteiger partial charge in [-0.05, 0) is 40.9 Å². The van der Waals surface area contributed by atoms with Crippen molar-refractivity contribution in [2.75, 3.05) is 12.4 Å². The normalized spacial score (nSPS) is 11.2. The number of fused-ring (bicyclic) bond motifs is 1. The summed E-state index contributed by atoms with van der Waals surface area (Å²) in [6.45, 7) is 1.32. The number of ether oxygens (including phenoxy) is 1. The fourth-order valence-electron chi connectivity index (χ4n) is 3.73. The Hall–Kier alpha value is -3.69. The highest BCUT2D eigenvalue weighted by Gasteiger charge is 2.16. The van der Waals surface area contributed by atoms with E-state index in [1.165, 1.54) is 13.2 Å². The van der Waals surface area contributed by atoms with Crippen LogP contribution in [0.25, 0.3) is 11.0 Å². The second-order valence-electron chi connectivity index (χ2n) is 7.82. The second kappa shape index (κ2) is 9.89. The summed E-state index contributed by atoms with van der Waals surface area (Å²) < 4.78 is 23.4. The number of nitrogens with one attached hydrogen (secondary N) is 1. The summed E-state index contributed by atoms with van der Waals surface area (Å²) in [7, 11) is 1.40. The number of rotatable bonds is 8. The minimum Gasteiger partial charge on any atom is -0.494 e. The smallest absolute Gasteiger partial charge is 0.226 e. The number of hydrogen-bond acceptors (Lipinski definition) is 6. The van der Waals surface area contributed by atoms with Crippen molar-refractivity contribution >= 4 is 40.1 Å². The van der Waals surface area contributed by atoms with Crippen molar-refractivity contribution in [3.8, 4) is 5.75 Å². The molecule has 2 aromatic carbocycles. The Morgan fingerprint density at radius 2 is 1.74 bits per heavy atom. The zero-order valence-electron chi connectivity index (χ0n) is 18.6. The van der Waals surface area contributed by atoms with E-state index in [1.54, 1.807) is 16.9 Å². The van der Waals surface area contributed by atoms with E-state index in [4.69, 9.17) is 27.9 Å². The monoisotopic (exact) mass is 511 g/mol. The highest BCUT2D eigenvalue weighted by atomic mass is 35.5. The van der Waals surface area contributed by atoms with Crippen molar-refractivity contribution in [3.63, 3.8) is 0 Å². The lowest BCUT2D eigenvalue weighted by Crippen LogP contribution is -2.06. The van der Waals surface area contributed by atoms with Crippen molar-refractivity contribution < 1.29 is 9.13 Å². The van der Waals surface area contributed by atoms with E-state index in [-0.39, 0.29) is 28.2 Å². The first kappa shape index (κ1) is 23.1. The molecule has 0 atom stereocenters. The fourth-order valence-corrected chi connectivity index (χ4v) is 4.10. The second-order valence-corrected chi connectivity index (χ2v) is 8.57. The summed E-state index contributed by atoms with van der Waals surface area (Å²) in [5.41, 5.74) is 2.91. The fraction of sp³-hybridized carbons (Fsp3) is 0.167. The Morgan fingerprint density at radius 1 is 1.00 bits per heavy atom. The predicted molar refractivity (Wildman–Crippen MR) is 132 cm³/mol. The van der Waals surface area contributed by atoms with Gasteiger partial charge in [-0.25, -0.2) is 4.39 Å². The van der Waals surface area contributed by atoms with Crippen molar-refractivity contribution in [2.24, 2.45) is 0 Å². The Bertz CT molecular complexity index is 1470. The third-order valence-corrected chi connectivity index (χ3v) is 6.00. The molecule has 0 aliphatic rings. The van der Waals surface area contributed by atoms with Crippen LogP contribution in [0.2, 0.25) is 10.3 Å². The zero-order valence-corrected chi connectivity index (χ0v) is 20.1. The number of hydrogen-bond donors (Lipinski definition) is 1. The molecule has 1 N–H and O–H groups in total. The SMILES string of the molecule is COc1ccc(Cl)c(CNc2nc(Cl)nc3nn(Cc4ccc(Cn5cccn5)cc4)cc23)c1F. The molecule has 0 unspecified atom stereocenters. The van der Waals surface area contributed by atoms with Crippen molar-refractivity contribution in [3.05, 3.63) is 93.9 Å². The largest absolute Gasteiger partial charge is 0.494 e. The molecule has 0 saturated carbocycles. The Balaban J connectivity index is 1.35. The van der Waals surface area contributed by atoms with E-state index in [0.29, 0.717) is 29.9 Å². The summed E-state index contributed by atoms with van der Waals surface area (Å²) in [6, 6.07) is 13.2. The molecule has 11 heteroatoms. The molecule has 8 nitrogen and oxygen atoms in total. The van der Waals surface area contributed by atoms with Gasteiger partial charge in [0.2, 0.25) is 5.28 Å². The summed E-state index contributed by atoms with van der Waals surface area (Å²) in [6.07, 6.45) is 5.52. The maximum atomic E-state index is 14.7. The Kier molecular flexibility index (Phi) is 6.52. The minimum absolute atomic E-state index is 0.0328. The molecule has 0 spiro atoms. The van der Waals surface area contributed by atoms with Gasteiger partial charge in [0.1, 0.15) is 5.82 Å². The zero-order chi connectivity index (χ0) is 24.4. The summed E-state index contributed by atoms with van der Waals surface area (Å²) in [5.74, 6) is 0.00947. The molecule has 5 rings (SSSR count). The third-order valence-electron chi connectivity index (χ3n) is 5.47. The van der Waals surface area contributed by atoms with E-state index >= 15 is 0 Å². The van der Waals surface area contributed by atoms with E-state index in [9.17, 15) is 4.39 Å². The summed E-state index contributed by atoms with van der Waals surface area (Å²) in [4.78, 5) is 8.50. The molecule has 0 bridgehead atoms. The van der Waals surface area contributed by atoms with Crippen molar-refractivity contribution in [1.82, 2.24) is 29.5 Å². The van der Waals surface area contributed by atoms with Crippen LogP contribution in [0.15, 0.2) is 61.1 Å². The standard InChI is InChI=1S/C24H20Cl2FN7O/c1-35-20-8-7-19(25)17(21(20)27)11-28-22-18-14-34(32-23(18)31-24(26)30-22)13-16-5-3-15(4-6-16)12-33-10-2-9-29-33/h2-10,14H,11-13H2,1H3,(H,28,30,31,32). The number of benzene rings is 2.